The Morgan fingerprint density at radius 2 is 1.96 bits per heavy atom. The van der Waals surface area contributed by atoms with Gasteiger partial charge in [0.05, 0.1) is 11.6 Å². The number of aliphatic imine (C=N–C) groups is 1. The van der Waals surface area contributed by atoms with Crippen molar-refractivity contribution in [2.45, 2.75) is 24.8 Å². The van der Waals surface area contributed by atoms with Gasteiger partial charge in [0, 0.05) is 31.1 Å². The van der Waals surface area contributed by atoms with Crippen LogP contribution >= 0.6 is 0 Å². The van der Waals surface area contributed by atoms with E-state index in [1.54, 1.807) is 13.1 Å². The monoisotopic (exact) mass is 336 g/mol. The van der Waals surface area contributed by atoms with E-state index < -0.39 is 0 Å². The van der Waals surface area contributed by atoms with E-state index in [-0.39, 0.29) is 17.8 Å². The molecule has 0 radical (unpaired) electrons. The predicted octanol–water partition coefficient (Wildman–Crippen LogP) is 3.09. The largest absolute Gasteiger partial charge is 0.356 e. The van der Waals surface area contributed by atoms with Gasteiger partial charge in [-0.25, -0.2) is 4.39 Å². The van der Waals surface area contributed by atoms with E-state index in [0.717, 1.165) is 19.4 Å². The highest BCUT2D eigenvalue weighted by molar-refractivity contribution is 5.79. The molecular weight excluding hydrogens is 315 g/mol. The minimum absolute atomic E-state index is 0.171. The summed E-state index contributed by atoms with van der Waals surface area (Å²) in [6.07, 6.45) is 2.31. The van der Waals surface area contributed by atoms with E-state index in [4.69, 9.17) is 5.26 Å². The van der Waals surface area contributed by atoms with Crippen molar-refractivity contribution in [3.8, 4) is 6.07 Å². The van der Waals surface area contributed by atoms with Crippen molar-refractivity contribution in [1.82, 2.24) is 10.6 Å². The van der Waals surface area contributed by atoms with Crippen molar-refractivity contribution in [2.75, 3.05) is 13.6 Å². The summed E-state index contributed by atoms with van der Waals surface area (Å²) in [6, 6.07) is 16.9. The maximum absolute atomic E-state index is 13.9. The lowest BCUT2D eigenvalue weighted by atomic mass is 9.96. The van der Waals surface area contributed by atoms with E-state index in [9.17, 15) is 4.39 Å². The predicted molar refractivity (Wildman–Crippen MR) is 96.7 cm³/mol. The number of hydrogen-bond donors (Lipinski definition) is 2. The van der Waals surface area contributed by atoms with Crippen LogP contribution in [0, 0.1) is 17.1 Å². The minimum Gasteiger partial charge on any atom is -0.356 e. The lowest BCUT2D eigenvalue weighted by Gasteiger charge is -2.19. The zero-order valence-electron chi connectivity index (χ0n) is 14.2. The molecule has 0 bridgehead atoms. The molecule has 25 heavy (non-hydrogen) atoms. The Labute approximate surface area is 147 Å². The second-order valence-electron chi connectivity index (χ2n) is 6.34. The first-order chi connectivity index (χ1) is 12.2. The lowest BCUT2D eigenvalue weighted by molar-refractivity contribution is 0.601. The molecule has 1 aliphatic carbocycles. The van der Waals surface area contributed by atoms with Gasteiger partial charge < -0.3 is 10.6 Å². The Balaban J connectivity index is 1.59. The molecule has 0 unspecified atom stereocenters. The molecule has 3 rings (SSSR count). The molecule has 2 N–H and O–H groups in total. The molecule has 1 fully saturated rings. The quantitative estimate of drug-likeness (QED) is 0.651. The van der Waals surface area contributed by atoms with Gasteiger partial charge in [0.1, 0.15) is 5.82 Å². The summed E-state index contributed by atoms with van der Waals surface area (Å²) in [6.45, 7) is 1.07. The Morgan fingerprint density at radius 1 is 1.20 bits per heavy atom. The van der Waals surface area contributed by atoms with Gasteiger partial charge in [-0.3, -0.25) is 4.99 Å². The number of nitrogens with one attached hydrogen (secondary N) is 2. The number of nitriles is 1. The summed E-state index contributed by atoms with van der Waals surface area (Å²) >= 11 is 0. The molecule has 0 heterocycles. The van der Waals surface area contributed by atoms with Crippen LogP contribution in [0.15, 0.2) is 53.5 Å². The van der Waals surface area contributed by atoms with E-state index in [2.05, 4.69) is 39.9 Å². The first-order valence-electron chi connectivity index (χ1n) is 8.35. The second kappa shape index (κ2) is 7.35. The number of rotatable bonds is 5. The molecule has 2 aromatic carbocycles. The van der Waals surface area contributed by atoms with Gasteiger partial charge in [-0.05, 0) is 36.6 Å². The van der Waals surface area contributed by atoms with Gasteiger partial charge in [0.15, 0.2) is 5.96 Å². The Kier molecular flexibility index (Phi) is 4.99. The summed E-state index contributed by atoms with van der Waals surface area (Å²) in [4.78, 5) is 4.21. The summed E-state index contributed by atoms with van der Waals surface area (Å²) < 4.78 is 13.9. The van der Waals surface area contributed by atoms with Crippen LogP contribution in [0.25, 0.3) is 0 Å². The van der Waals surface area contributed by atoms with Gasteiger partial charge >= 0.3 is 0 Å². The minimum atomic E-state index is -0.329. The zero-order valence-corrected chi connectivity index (χ0v) is 14.2. The molecule has 0 aliphatic heterocycles. The van der Waals surface area contributed by atoms with Crippen LogP contribution in [0.2, 0.25) is 0 Å². The third kappa shape index (κ3) is 3.97. The van der Waals surface area contributed by atoms with Crippen molar-refractivity contribution in [2.24, 2.45) is 4.99 Å². The van der Waals surface area contributed by atoms with Crippen molar-refractivity contribution in [1.29, 1.82) is 5.26 Å². The molecule has 0 atom stereocenters. The van der Waals surface area contributed by atoms with Gasteiger partial charge in [-0.15, -0.1) is 0 Å². The zero-order chi connectivity index (χ0) is 17.7. The SMILES string of the molecule is CN=C(NCc1cc(C#N)ccc1F)NCC1(c2ccccc2)CC1. The van der Waals surface area contributed by atoms with E-state index in [0.29, 0.717) is 17.1 Å². The topological polar surface area (TPSA) is 60.2 Å². The lowest BCUT2D eigenvalue weighted by Crippen LogP contribution is -2.41. The van der Waals surface area contributed by atoms with Crippen molar-refractivity contribution in [3.63, 3.8) is 0 Å². The van der Waals surface area contributed by atoms with Crippen molar-refractivity contribution < 1.29 is 4.39 Å². The fourth-order valence-electron chi connectivity index (χ4n) is 2.94. The van der Waals surface area contributed by atoms with Crippen molar-refractivity contribution in [3.05, 3.63) is 71.0 Å². The number of hydrogen-bond acceptors (Lipinski definition) is 2. The Morgan fingerprint density at radius 3 is 2.60 bits per heavy atom. The molecule has 4 nitrogen and oxygen atoms in total. The molecule has 0 saturated heterocycles. The first kappa shape index (κ1) is 17.0. The van der Waals surface area contributed by atoms with Gasteiger partial charge in [-0.1, -0.05) is 30.3 Å². The van der Waals surface area contributed by atoms with Crippen molar-refractivity contribution >= 4 is 5.96 Å². The number of guanidine groups is 1. The molecule has 2 aromatic rings. The fourth-order valence-corrected chi connectivity index (χ4v) is 2.94. The van der Waals surface area contributed by atoms with Crippen LogP contribution in [0.1, 0.15) is 29.5 Å². The molecule has 5 heteroatoms. The normalized spacial score (nSPS) is 15.3. The maximum atomic E-state index is 13.9. The number of benzene rings is 2. The highest BCUT2D eigenvalue weighted by Gasteiger charge is 2.43. The molecular formula is C20H21FN4. The first-order valence-corrected chi connectivity index (χ1v) is 8.35. The molecule has 128 valence electrons. The average Bonchev–Trinajstić information content (AvgIpc) is 3.45. The molecule has 1 aliphatic rings. The highest BCUT2D eigenvalue weighted by atomic mass is 19.1. The highest BCUT2D eigenvalue weighted by Crippen LogP contribution is 2.47. The summed E-state index contributed by atoms with van der Waals surface area (Å²) in [5.41, 5.74) is 2.41. The van der Waals surface area contributed by atoms with Crippen LogP contribution in [0.4, 0.5) is 4.39 Å². The van der Waals surface area contributed by atoms with Gasteiger partial charge in [0.2, 0.25) is 0 Å². The molecule has 1 saturated carbocycles. The standard InChI is InChI=1S/C20H21FN4/c1-23-19(24-13-16-11-15(12-22)7-8-18(16)21)25-14-20(9-10-20)17-5-3-2-4-6-17/h2-8,11H,9-10,13-14H2,1H3,(H2,23,24,25). The Hall–Kier alpha value is -2.87. The van der Waals surface area contributed by atoms with Gasteiger partial charge in [-0.2, -0.15) is 5.26 Å². The average molecular weight is 336 g/mol. The fraction of sp³-hybridized carbons (Fsp3) is 0.300. The van der Waals surface area contributed by atoms with Gasteiger partial charge in [0.25, 0.3) is 0 Å². The number of halogens is 1. The smallest absolute Gasteiger partial charge is 0.191 e. The summed E-state index contributed by atoms with van der Waals surface area (Å²) in [5, 5.41) is 15.4. The Bertz CT molecular complexity index is 804. The van der Waals surface area contributed by atoms with Crippen LogP contribution in [-0.4, -0.2) is 19.6 Å². The van der Waals surface area contributed by atoms with E-state index >= 15 is 0 Å². The molecule has 0 spiro atoms. The third-order valence-corrected chi connectivity index (χ3v) is 4.68. The van der Waals surface area contributed by atoms with E-state index in [1.807, 2.05) is 12.1 Å². The maximum Gasteiger partial charge on any atom is 0.191 e. The molecule has 0 aromatic heterocycles. The van der Waals surface area contributed by atoms with E-state index in [1.165, 1.54) is 17.7 Å². The summed E-state index contributed by atoms with van der Waals surface area (Å²) in [7, 11) is 1.69. The number of nitrogens with zero attached hydrogens (tertiary/aromatic N) is 2. The van der Waals surface area contributed by atoms with Crippen LogP contribution in [0.5, 0.6) is 0 Å². The summed E-state index contributed by atoms with van der Waals surface area (Å²) in [5.74, 6) is 0.300. The van der Waals surface area contributed by atoms with Crippen LogP contribution < -0.4 is 10.6 Å². The molecule has 0 amide bonds. The van der Waals surface area contributed by atoms with Crippen LogP contribution in [-0.2, 0) is 12.0 Å². The van der Waals surface area contributed by atoms with Crippen LogP contribution in [0.3, 0.4) is 0 Å². The third-order valence-electron chi connectivity index (χ3n) is 4.68. The second-order valence-corrected chi connectivity index (χ2v) is 6.34.